The highest BCUT2D eigenvalue weighted by atomic mass is 32.1. The molecule has 0 saturated heterocycles. The number of alkyl halides is 3. The zero-order chi connectivity index (χ0) is 20.9. The molecule has 0 atom stereocenters. The van der Waals surface area contributed by atoms with Crippen LogP contribution in [0.2, 0.25) is 0 Å². The summed E-state index contributed by atoms with van der Waals surface area (Å²) < 4.78 is 43.5. The molecule has 0 spiro atoms. The van der Waals surface area contributed by atoms with Crippen LogP contribution < -0.4 is 15.4 Å². The van der Waals surface area contributed by atoms with Gasteiger partial charge in [-0.1, -0.05) is 18.2 Å². The highest BCUT2D eigenvalue weighted by molar-refractivity contribution is 7.09. The number of methoxy groups -OCH3 is 1. The SMILES string of the molecule is CCNC(=NCC1(c2ccccc2OC)CC1)NCCc1nc(C(F)(F)F)cs1. The molecular formula is C20H25F3N4OS. The molecule has 0 unspecified atom stereocenters. The molecule has 9 heteroatoms. The molecule has 1 aromatic heterocycles. The van der Waals surface area contributed by atoms with E-state index < -0.39 is 11.9 Å². The largest absolute Gasteiger partial charge is 0.496 e. The second-order valence-electron chi connectivity index (χ2n) is 6.98. The van der Waals surface area contributed by atoms with Crippen molar-refractivity contribution in [3.05, 3.63) is 45.9 Å². The van der Waals surface area contributed by atoms with Crippen LogP contribution in [0.25, 0.3) is 0 Å². The maximum atomic E-state index is 12.7. The van der Waals surface area contributed by atoms with Gasteiger partial charge in [0, 0.05) is 35.9 Å². The summed E-state index contributed by atoms with van der Waals surface area (Å²) in [5.74, 6) is 1.53. The van der Waals surface area contributed by atoms with Crippen LogP contribution >= 0.6 is 11.3 Å². The number of para-hydroxylation sites is 1. The van der Waals surface area contributed by atoms with Gasteiger partial charge >= 0.3 is 6.18 Å². The molecule has 1 aromatic carbocycles. The van der Waals surface area contributed by atoms with E-state index >= 15 is 0 Å². The van der Waals surface area contributed by atoms with E-state index in [9.17, 15) is 13.2 Å². The van der Waals surface area contributed by atoms with Gasteiger partial charge in [0.1, 0.15) is 5.75 Å². The number of guanidine groups is 1. The average molecular weight is 427 g/mol. The first kappa shape index (κ1) is 21.4. The van der Waals surface area contributed by atoms with Crippen LogP contribution in [0.3, 0.4) is 0 Å². The van der Waals surface area contributed by atoms with Crippen LogP contribution in [-0.2, 0) is 18.0 Å². The minimum Gasteiger partial charge on any atom is -0.496 e. The zero-order valence-corrected chi connectivity index (χ0v) is 17.3. The van der Waals surface area contributed by atoms with E-state index in [1.165, 1.54) is 5.56 Å². The predicted octanol–water partition coefficient (Wildman–Crippen LogP) is 4.00. The fourth-order valence-corrected chi connectivity index (χ4v) is 3.97. The van der Waals surface area contributed by atoms with Crippen molar-refractivity contribution in [1.82, 2.24) is 15.6 Å². The summed E-state index contributed by atoms with van der Waals surface area (Å²) in [7, 11) is 1.67. The number of nitrogens with one attached hydrogen (secondary N) is 2. The van der Waals surface area contributed by atoms with Crippen molar-refractivity contribution in [3.8, 4) is 5.75 Å². The van der Waals surface area contributed by atoms with Crippen molar-refractivity contribution >= 4 is 17.3 Å². The minimum absolute atomic E-state index is 0.00806. The summed E-state index contributed by atoms with van der Waals surface area (Å²) in [5, 5.41) is 7.89. The molecule has 158 valence electrons. The van der Waals surface area contributed by atoms with Gasteiger partial charge in [-0.05, 0) is 25.8 Å². The summed E-state index contributed by atoms with van der Waals surface area (Å²) in [5.41, 5.74) is 0.335. The highest BCUT2D eigenvalue weighted by Crippen LogP contribution is 2.51. The molecule has 1 aliphatic carbocycles. The number of halogens is 3. The van der Waals surface area contributed by atoms with E-state index in [0.717, 1.165) is 35.3 Å². The quantitative estimate of drug-likeness (QED) is 0.495. The molecule has 2 aromatic rings. The number of aliphatic imine (C=N–C) groups is 1. The number of aromatic nitrogens is 1. The third kappa shape index (κ3) is 5.41. The number of hydrogen-bond acceptors (Lipinski definition) is 4. The van der Waals surface area contributed by atoms with Crippen molar-refractivity contribution < 1.29 is 17.9 Å². The molecule has 0 bridgehead atoms. The number of thiazole rings is 1. The summed E-state index contributed by atoms with van der Waals surface area (Å²) >= 11 is 1.03. The molecule has 29 heavy (non-hydrogen) atoms. The molecule has 1 aliphatic rings. The van der Waals surface area contributed by atoms with Gasteiger partial charge in [-0.25, -0.2) is 4.98 Å². The monoisotopic (exact) mass is 426 g/mol. The fraction of sp³-hybridized carbons (Fsp3) is 0.500. The Balaban J connectivity index is 1.59. The summed E-state index contributed by atoms with van der Waals surface area (Å²) in [4.78, 5) is 8.37. The van der Waals surface area contributed by atoms with Crippen LogP contribution in [-0.4, -0.2) is 37.7 Å². The standard InChI is InChI=1S/C20H25F3N4OS/c1-3-24-18(25-11-8-17-27-16(12-29-17)20(21,22)23)26-13-19(9-10-19)14-6-4-5-7-15(14)28-2/h4-7,12H,3,8-11,13H2,1-2H3,(H2,24,25,26). The Hall–Kier alpha value is -2.29. The van der Waals surface area contributed by atoms with Crippen molar-refractivity contribution in [2.45, 2.75) is 37.8 Å². The van der Waals surface area contributed by atoms with Crippen molar-refractivity contribution in [2.24, 2.45) is 4.99 Å². The molecular weight excluding hydrogens is 401 g/mol. The second kappa shape index (κ2) is 9.02. The van der Waals surface area contributed by atoms with Gasteiger partial charge in [0.15, 0.2) is 11.7 Å². The lowest BCUT2D eigenvalue weighted by Gasteiger charge is -2.18. The smallest absolute Gasteiger partial charge is 0.434 e. The topological polar surface area (TPSA) is 58.5 Å². The first-order chi connectivity index (χ1) is 13.9. The fourth-order valence-electron chi connectivity index (χ4n) is 3.16. The Labute approximate surface area is 172 Å². The van der Waals surface area contributed by atoms with Crippen molar-refractivity contribution in [2.75, 3.05) is 26.7 Å². The molecule has 0 amide bonds. The number of hydrogen-bond donors (Lipinski definition) is 2. The van der Waals surface area contributed by atoms with Gasteiger partial charge in [-0.2, -0.15) is 13.2 Å². The lowest BCUT2D eigenvalue weighted by Crippen LogP contribution is -2.39. The van der Waals surface area contributed by atoms with E-state index in [-0.39, 0.29) is 5.41 Å². The van der Waals surface area contributed by atoms with Gasteiger partial charge < -0.3 is 15.4 Å². The molecule has 3 rings (SSSR count). The van der Waals surface area contributed by atoms with E-state index in [0.29, 0.717) is 37.0 Å². The number of ether oxygens (including phenoxy) is 1. The summed E-state index contributed by atoms with van der Waals surface area (Å²) in [6.45, 7) is 3.75. The predicted molar refractivity (Wildman–Crippen MR) is 109 cm³/mol. The number of nitrogens with zero attached hydrogens (tertiary/aromatic N) is 2. The Morgan fingerprint density at radius 3 is 2.66 bits per heavy atom. The van der Waals surface area contributed by atoms with E-state index in [1.807, 2.05) is 25.1 Å². The molecule has 0 aliphatic heterocycles. The Kier molecular flexibility index (Phi) is 6.66. The maximum Gasteiger partial charge on any atom is 0.434 e. The van der Waals surface area contributed by atoms with Crippen molar-refractivity contribution in [1.29, 1.82) is 0 Å². The first-order valence-electron chi connectivity index (χ1n) is 9.55. The van der Waals surface area contributed by atoms with Crippen LogP contribution in [0.4, 0.5) is 13.2 Å². The second-order valence-corrected chi connectivity index (χ2v) is 7.92. The summed E-state index contributed by atoms with van der Waals surface area (Å²) in [6.07, 6.45) is -1.89. The third-order valence-corrected chi connectivity index (χ3v) is 5.80. The Morgan fingerprint density at radius 2 is 2.03 bits per heavy atom. The number of benzene rings is 1. The summed E-state index contributed by atoms with van der Waals surface area (Å²) in [6, 6.07) is 8.01. The number of rotatable bonds is 8. The van der Waals surface area contributed by atoms with Gasteiger partial charge in [-0.3, -0.25) is 4.99 Å². The van der Waals surface area contributed by atoms with E-state index in [2.05, 4.69) is 21.7 Å². The van der Waals surface area contributed by atoms with Crippen molar-refractivity contribution in [3.63, 3.8) is 0 Å². The van der Waals surface area contributed by atoms with Gasteiger partial charge in [0.05, 0.1) is 18.7 Å². The zero-order valence-electron chi connectivity index (χ0n) is 16.5. The molecule has 1 fully saturated rings. The van der Waals surface area contributed by atoms with Gasteiger partial charge in [0.25, 0.3) is 0 Å². The van der Waals surface area contributed by atoms with Crippen LogP contribution in [0, 0.1) is 0 Å². The van der Waals surface area contributed by atoms with Gasteiger partial charge in [0.2, 0.25) is 0 Å². The maximum absolute atomic E-state index is 12.7. The normalized spacial score (nSPS) is 15.8. The highest BCUT2D eigenvalue weighted by Gasteiger charge is 2.46. The molecule has 1 heterocycles. The lowest BCUT2D eigenvalue weighted by molar-refractivity contribution is -0.140. The minimum atomic E-state index is -4.39. The molecule has 0 radical (unpaired) electrons. The van der Waals surface area contributed by atoms with E-state index in [4.69, 9.17) is 9.73 Å². The lowest BCUT2D eigenvalue weighted by atomic mass is 9.95. The van der Waals surface area contributed by atoms with E-state index in [1.54, 1.807) is 7.11 Å². The van der Waals surface area contributed by atoms with Crippen LogP contribution in [0.1, 0.15) is 36.0 Å². The van der Waals surface area contributed by atoms with Gasteiger partial charge in [-0.15, -0.1) is 11.3 Å². The van der Waals surface area contributed by atoms with Crippen LogP contribution in [0.15, 0.2) is 34.6 Å². The Bertz CT molecular complexity index is 846. The van der Waals surface area contributed by atoms with Crippen LogP contribution in [0.5, 0.6) is 5.75 Å². The average Bonchev–Trinajstić information content (AvgIpc) is 3.33. The molecule has 1 saturated carbocycles. The molecule has 5 nitrogen and oxygen atoms in total. The third-order valence-electron chi connectivity index (χ3n) is 4.89. The first-order valence-corrected chi connectivity index (χ1v) is 10.4. The molecule has 2 N–H and O–H groups in total. The Morgan fingerprint density at radius 1 is 1.28 bits per heavy atom.